The Morgan fingerprint density at radius 3 is 2.56 bits per heavy atom. The fraction of sp³-hybridized carbons (Fsp3) is 0. The molecule has 5 heteroatoms. The SMILES string of the molecule is O=C(c1ccc(Cl)s1)c1cc(Cl)ccc1Br. The number of thiophene rings is 1. The maximum atomic E-state index is 12.1. The van der Waals surface area contributed by atoms with Crippen molar-refractivity contribution in [2.45, 2.75) is 0 Å². The van der Waals surface area contributed by atoms with E-state index in [2.05, 4.69) is 15.9 Å². The van der Waals surface area contributed by atoms with E-state index in [-0.39, 0.29) is 5.78 Å². The molecule has 0 bridgehead atoms. The van der Waals surface area contributed by atoms with Gasteiger partial charge in [-0.1, -0.05) is 39.1 Å². The van der Waals surface area contributed by atoms with Gasteiger partial charge in [0.1, 0.15) is 0 Å². The van der Waals surface area contributed by atoms with E-state index in [4.69, 9.17) is 23.2 Å². The highest BCUT2D eigenvalue weighted by atomic mass is 79.9. The van der Waals surface area contributed by atoms with Gasteiger partial charge in [0, 0.05) is 15.1 Å². The average Bonchev–Trinajstić information content (AvgIpc) is 2.67. The Bertz CT molecular complexity index is 551. The number of benzene rings is 1. The van der Waals surface area contributed by atoms with Crippen molar-refractivity contribution in [1.82, 2.24) is 0 Å². The number of halogens is 3. The highest BCUT2D eigenvalue weighted by Crippen LogP contribution is 2.28. The highest BCUT2D eigenvalue weighted by Gasteiger charge is 2.14. The molecule has 2 aromatic rings. The lowest BCUT2D eigenvalue weighted by atomic mass is 10.1. The first-order valence-electron chi connectivity index (χ1n) is 4.33. The molecule has 1 aromatic carbocycles. The van der Waals surface area contributed by atoms with E-state index in [0.29, 0.717) is 19.8 Å². The van der Waals surface area contributed by atoms with Gasteiger partial charge in [-0.3, -0.25) is 4.79 Å². The Labute approximate surface area is 115 Å². The Kier molecular flexibility index (Phi) is 3.70. The third-order valence-electron chi connectivity index (χ3n) is 1.97. The van der Waals surface area contributed by atoms with Crippen molar-refractivity contribution >= 4 is 56.3 Å². The lowest BCUT2D eigenvalue weighted by Gasteiger charge is -2.02. The molecule has 0 fully saturated rings. The zero-order valence-electron chi connectivity index (χ0n) is 7.84. The van der Waals surface area contributed by atoms with Gasteiger partial charge >= 0.3 is 0 Å². The minimum Gasteiger partial charge on any atom is -0.288 e. The quantitative estimate of drug-likeness (QED) is 0.702. The Morgan fingerprint density at radius 2 is 1.94 bits per heavy atom. The molecule has 0 saturated carbocycles. The predicted molar refractivity (Wildman–Crippen MR) is 71.9 cm³/mol. The third-order valence-corrected chi connectivity index (χ3v) is 4.13. The van der Waals surface area contributed by atoms with E-state index >= 15 is 0 Å². The van der Waals surface area contributed by atoms with Crippen LogP contribution < -0.4 is 0 Å². The van der Waals surface area contributed by atoms with Crippen LogP contribution in [0.3, 0.4) is 0 Å². The number of rotatable bonds is 2. The molecule has 16 heavy (non-hydrogen) atoms. The molecule has 0 spiro atoms. The first-order chi connectivity index (χ1) is 7.58. The summed E-state index contributed by atoms with van der Waals surface area (Å²) in [6.45, 7) is 0. The summed E-state index contributed by atoms with van der Waals surface area (Å²) in [6, 6.07) is 8.54. The zero-order chi connectivity index (χ0) is 11.7. The molecule has 1 heterocycles. The maximum Gasteiger partial charge on any atom is 0.204 e. The summed E-state index contributed by atoms with van der Waals surface area (Å²) in [6.07, 6.45) is 0. The van der Waals surface area contributed by atoms with E-state index < -0.39 is 0 Å². The van der Waals surface area contributed by atoms with Gasteiger partial charge in [-0.25, -0.2) is 0 Å². The average molecular weight is 336 g/mol. The second-order valence-electron chi connectivity index (χ2n) is 3.06. The van der Waals surface area contributed by atoms with E-state index in [1.54, 1.807) is 30.3 Å². The van der Waals surface area contributed by atoms with Crippen LogP contribution in [-0.2, 0) is 0 Å². The van der Waals surface area contributed by atoms with Crippen LogP contribution in [0.4, 0.5) is 0 Å². The van der Waals surface area contributed by atoms with Crippen molar-refractivity contribution in [3.05, 3.63) is 54.6 Å². The lowest BCUT2D eigenvalue weighted by molar-refractivity contribution is 0.104. The summed E-state index contributed by atoms with van der Waals surface area (Å²) < 4.78 is 1.33. The summed E-state index contributed by atoms with van der Waals surface area (Å²) in [5, 5.41) is 0.536. The van der Waals surface area contributed by atoms with Gasteiger partial charge in [0.2, 0.25) is 5.78 Å². The minimum atomic E-state index is -0.0775. The van der Waals surface area contributed by atoms with Crippen molar-refractivity contribution in [2.75, 3.05) is 0 Å². The molecule has 0 unspecified atom stereocenters. The standard InChI is InChI=1S/C11H5BrCl2OS/c12-8-2-1-6(13)5-7(8)11(15)9-3-4-10(14)16-9/h1-5H. The lowest BCUT2D eigenvalue weighted by Crippen LogP contribution is -1.99. The summed E-state index contributed by atoms with van der Waals surface area (Å²) in [5.74, 6) is -0.0775. The predicted octanol–water partition coefficient (Wildman–Crippen LogP) is 5.05. The first kappa shape index (κ1) is 12.1. The molecule has 82 valence electrons. The number of hydrogen-bond donors (Lipinski definition) is 0. The first-order valence-corrected chi connectivity index (χ1v) is 6.69. The van der Waals surface area contributed by atoms with Crippen LogP contribution in [-0.4, -0.2) is 5.78 Å². The van der Waals surface area contributed by atoms with Crippen LogP contribution >= 0.6 is 50.5 Å². The van der Waals surface area contributed by atoms with Crippen molar-refractivity contribution in [3.8, 4) is 0 Å². The van der Waals surface area contributed by atoms with Gasteiger partial charge < -0.3 is 0 Å². The zero-order valence-corrected chi connectivity index (χ0v) is 11.8. The largest absolute Gasteiger partial charge is 0.288 e. The number of ketones is 1. The fourth-order valence-corrected chi connectivity index (χ4v) is 2.84. The van der Waals surface area contributed by atoms with Crippen molar-refractivity contribution in [3.63, 3.8) is 0 Å². The molecule has 0 saturated heterocycles. The molecule has 0 aliphatic carbocycles. The van der Waals surface area contributed by atoms with Gasteiger partial charge in [-0.15, -0.1) is 11.3 Å². The number of carbonyl (C=O) groups is 1. The summed E-state index contributed by atoms with van der Waals surface area (Å²) in [4.78, 5) is 12.7. The summed E-state index contributed by atoms with van der Waals surface area (Å²) in [5.41, 5.74) is 0.547. The number of hydrogen-bond acceptors (Lipinski definition) is 2. The molecular weight excluding hydrogens is 331 g/mol. The van der Waals surface area contributed by atoms with Crippen LogP contribution in [0, 0.1) is 0 Å². The minimum absolute atomic E-state index is 0.0775. The molecule has 2 rings (SSSR count). The van der Waals surface area contributed by atoms with Crippen molar-refractivity contribution < 1.29 is 4.79 Å². The van der Waals surface area contributed by atoms with Gasteiger partial charge in [0.15, 0.2) is 0 Å². The second kappa shape index (κ2) is 4.88. The van der Waals surface area contributed by atoms with E-state index in [1.807, 2.05) is 0 Å². The molecular formula is C11H5BrCl2OS. The Morgan fingerprint density at radius 1 is 1.19 bits per heavy atom. The molecule has 0 atom stereocenters. The monoisotopic (exact) mass is 334 g/mol. The van der Waals surface area contributed by atoms with Crippen molar-refractivity contribution in [2.24, 2.45) is 0 Å². The Hall–Kier alpha value is -0.350. The molecule has 0 N–H and O–H groups in total. The smallest absolute Gasteiger partial charge is 0.204 e. The fourth-order valence-electron chi connectivity index (χ4n) is 1.24. The molecule has 0 amide bonds. The van der Waals surface area contributed by atoms with Gasteiger partial charge in [-0.2, -0.15) is 0 Å². The van der Waals surface area contributed by atoms with Gasteiger partial charge in [0.25, 0.3) is 0 Å². The van der Waals surface area contributed by atoms with E-state index in [9.17, 15) is 4.79 Å². The third kappa shape index (κ3) is 2.48. The number of carbonyl (C=O) groups excluding carboxylic acids is 1. The normalized spacial score (nSPS) is 10.4. The molecule has 1 aromatic heterocycles. The van der Waals surface area contributed by atoms with Crippen LogP contribution in [0.25, 0.3) is 0 Å². The van der Waals surface area contributed by atoms with E-state index in [1.165, 1.54) is 11.3 Å². The molecule has 0 aliphatic rings. The summed E-state index contributed by atoms with van der Waals surface area (Å²) >= 11 is 16.2. The van der Waals surface area contributed by atoms with Gasteiger partial charge in [-0.05, 0) is 30.3 Å². The molecule has 0 aliphatic heterocycles. The highest BCUT2D eigenvalue weighted by molar-refractivity contribution is 9.10. The van der Waals surface area contributed by atoms with E-state index in [0.717, 1.165) is 4.47 Å². The van der Waals surface area contributed by atoms with Gasteiger partial charge in [0.05, 0.1) is 9.21 Å². The Balaban J connectivity index is 2.45. The summed E-state index contributed by atoms with van der Waals surface area (Å²) in [7, 11) is 0. The van der Waals surface area contributed by atoms with Crippen LogP contribution in [0.2, 0.25) is 9.36 Å². The molecule has 0 radical (unpaired) electrons. The van der Waals surface area contributed by atoms with Crippen LogP contribution in [0.1, 0.15) is 15.2 Å². The van der Waals surface area contributed by atoms with Crippen LogP contribution in [0.5, 0.6) is 0 Å². The van der Waals surface area contributed by atoms with Crippen molar-refractivity contribution in [1.29, 1.82) is 0 Å². The molecule has 1 nitrogen and oxygen atoms in total. The van der Waals surface area contributed by atoms with Crippen LogP contribution in [0.15, 0.2) is 34.8 Å². The second-order valence-corrected chi connectivity index (χ2v) is 6.06. The topological polar surface area (TPSA) is 17.1 Å². The maximum absolute atomic E-state index is 12.1.